The van der Waals surface area contributed by atoms with E-state index in [-0.39, 0.29) is 17.4 Å². The van der Waals surface area contributed by atoms with Crippen LogP contribution in [0.3, 0.4) is 0 Å². The number of aryl methyl sites for hydroxylation is 3. The van der Waals surface area contributed by atoms with Gasteiger partial charge in [0.2, 0.25) is 15.9 Å². The van der Waals surface area contributed by atoms with Crippen LogP contribution in [0.15, 0.2) is 17.0 Å². The lowest BCUT2D eigenvalue weighted by molar-refractivity contribution is -0.127. The Bertz CT molecular complexity index is 795. The van der Waals surface area contributed by atoms with E-state index in [9.17, 15) is 13.2 Å². The molecule has 1 saturated heterocycles. The van der Waals surface area contributed by atoms with E-state index in [4.69, 9.17) is 0 Å². The van der Waals surface area contributed by atoms with Gasteiger partial charge < -0.3 is 5.32 Å². The van der Waals surface area contributed by atoms with Crippen LogP contribution in [0.25, 0.3) is 0 Å². The molecular formula is C21H32N2O3S. The van der Waals surface area contributed by atoms with Crippen LogP contribution in [-0.4, -0.2) is 37.3 Å². The van der Waals surface area contributed by atoms with Gasteiger partial charge in [0.05, 0.1) is 4.90 Å². The van der Waals surface area contributed by atoms with Gasteiger partial charge in [0.1, 0.15) is 0 Å². The van der Waals surface area contributed by atoms with E-state index in [1.807, 2.05) is 32.9 Å². The lowest BCUT2D eigenvalue weighted by Gasteiger charge is -2.34. The van der Waals surface area contributed by atoms with Crippen LogP contribution < -0.4 is 5.32 Å². The minimum atomic E-state index is -3.52. The molecule has 1 aliphatic heterocycles. The zero-order valence-corrected chi connectivity index (χ0v) is 17.8. The highest BCUT2D eigenvalue weighted by molar-refractivity contribution is 7.89. The fourth-order valence-electron chi connectivity index (χ4n) is 4.74. The second kappa shape index (κ2) is 7.55. The molecule has 0 aromatic heterocycles. The molecule has 1 saturated carbocycles. The van der Waals surface area contributed by atoms with Gasteiger partial charge in [-0.25, -0.2) is 8.42 Å². The van der Waals surface area contributed by atoms with Gasteiger partial charge in [-0.05, 0) is 64.5 Å². The third-order valence-electron chi connectivity index (χ3n) is 6.16. The fraction of sp³-hybridized carbons (Fsp3) is 0.667. The average Bonchev–Trinajstić information content (AvgIpc) is 2.99. The molecule has 27 heavy (non-hydrogen) atoms. The summed E-state index contributed by atoms with van der Waals surface area (Å²) in [5.41, 5.74) is 2.58. The van der Waals surface area contributed by atoms with Crippen LogP contribution in [-0.2, 0) is 14.8 Å². The Morgan fingerprint density at radius 3 is 2.11 bits per heavy atom. The van der Waals surface area contributed by atoms with Crippen LogP contribution in [0.5, 0.6) is 0 Å². The lowest BCUT2D eigenvalue weighted by Crippen LogP contribution is -2.49. The number of carbonyl (C=O) groups excluding carboxylic acids is 1. The summed E-state index contributed by atoms with van der Waals surface area (Å²) in [6, 6.07) is 3.84. The predicted octanol–water partition coefficient (Wildman–Crippen LogP) is 3.46. The number of rotatable bonds is 4. The Hall–Kier alpha value is -1.40. The average molecular weight is 393 g/mol. The molecule has 2 fully saturated rings. The van der Waals surface area contributed by atoms with Gasteiger partial charge >= 0.3 is 0 Å². The Morgan fingerprint density at radius 1 is 1.07 bits per heavy atom. The molecule has 2 aliphatic rings. The summed E-state index contributed by atoms with van der Waals surface area (Å²) in [6.45, 7) is 8.63. The maximum atomic E-state index is 13.2. The van der Waals surface area contributed by atoms with E-state index < -0.39 is 10.0 Å². The van der Waals surface area contributed by atoms with Crippen LogP contribution >= 0.6 is 0 Å². The Morgan fingerprint density at radius 2 is 1.59 bits per heavy atom. The zero-order valence-electron chi connectivity index (χ0n) is 17.0. The van der Waals surface area contributed by atoms with Gasteiger partial charge in [0.25, 0.3) is 0 Å². The quantitative estimate of drug-likeness (QED) is 0.853. The number of carbonyl (C=O) groups is 1. The second-order valence-corrected chi connectivity index (χ2v) is 10.5. The van der Waals surface area contributed by atoms with E-state index in [1.165, 1.54) is 12.8 Å². The first-order chi connectivity index (χ1) is 12.6. The van der Waals surface area contributed by atoms with Crippen molar-refractivity contribution < 1.29 is 13.2 Å². The van der Waals surface area contributed by atoms with Crippen LogP contribution in [0.1, 0.15) is 62.1 Å². The van der Waals surface area contributed by atoms with Crippen molar-refractivity contribution in [3.05, 3.63) is 28.8 Å². The number of sulfonamides is 1. The van der Waals surface area contributed by atoms with Crippen molar-refractivity contribution in [3.8, 4) is 0 Å². The van der Waals surface area contributed by atoms with Crippen molar-refractivity contribution in [2.45, 2.75) is 76.7 Å². The third-order valence-corrected chi connectivity index (χ3v) is 8.36. The van der Waals surface area contributed by atoms with Gasteiger partial charge in [-0.1, -0.05) is 30.5 Å². The normalized spacial score (nSPS) is 21.3. The smallest absolute Gasteiger partial charge is 0.243 e. The molecule has 150 valence electrons. The van der Waals surface area contributed by atoms with Gasteiger partial charge in [-0.3, -0.25) is 4.79 Å². The molecule has 0 spiro atoms. The maximum absolute atomic E-state index is 13.2. The van der Waals surface area contributed by atoms with E-state index in [2.05, 4.69) is 12.2 Å². The second-order valence-electron chi connectivity index (χ2n) is 8.66. The number of nitrogens with zero attached hydrogens (tertiary/aromatic N) is 1. The summed E-state index contributed by atoms with van der Waals surface area (Å²) in [5, 5.41) is 3.23. The van der Waals surface area contributed by atoms with Crippen LogP contribution in [0.4, 0.5) is 0 Å². The molecule has 0 bridgehead atoms. The molecule has 1 N–H and O–H groups in total. The SMILES string of the molecule is Cc1cc(C)c(S(=O)(=O)N2CCC(C(=O)NC3(C)CCCC3)CC2)c(C)c1. The summed E-state index contributed by atoms with van der Waals surface area (Å²) in [5.74, 6) is 0.00762. The minimum absolute atomic E-state index is 0.0730. The van der Waals surface area contributed by atoms with Crippen molar-refractivity contribution in [1.82, 2.24) is 9.62 Å². The van der Waals surface area contributed by atoms with Gasteiger partial charge in [0.15, 0.2) is 0 Å². The molecule has 1 aromatic carbocycles. The van der Waals surface area contributed by atoms with Crippen LogP contribution in [0, 0.1) is 26.7 Å². The highest BCUT2D eigenvalue weighted by Crippen LogP contribution is 2.31. The Balaban J connectivity index is 1.67. The van der Waals surface area contributed by atoms with Crippen molar-refractivity contribution in [2.24, 2.45) is 5.92 Å². The first-order valence-corrected chi connectivity index (χ1v) is 11.5. The number of piperidine rings is 1. The monoisotopic (exact) mass is 392 g/mol. The molecule has 0 unspecified atom stereocenters. The van der Waals surface area contributed by atoms with Crippen molar-refractivity contribution in [2.75, 3.05) is 13.1 Å². The van der Waals surface area contributed by atoms with E-state index in [0.29, 0.717) is 30.8 Å². The van der Waals surface area contributed by atoms with Crippen molar-refractivity contribution in [3.63, 3.8) is 0 Å². The summed E-state index contributed by atoms with van der Waals surface area (Å²) >= 11 is 0. The highest BCUT2D eigenvalue weighted by atomic mass is 32.2. The number of nitrogens with one attached hydrogen (secondary N) is 1. The number of hydrogen-bond acceptors (Lipinski definition) is 3. The summed E-state index contributed by atoms with van der Waals surface area (Å²) in [6.07, 6.45) is 5.59. The molecule has 1 amide bonds. The topological polar surface area (TPSA) is 66.5 Å². The largest absolute Gasteiger partial charge is 0.351 e. The summed E-state index contributed by atoms with van der Waals surface area (Å²) < 4.78 is 27.9. The molecule has 0 atom stereocenters. The molecular weight excluding hydrogens is 360 g/mol. The van der Waals surface area contributed by atoms with E-state index in [1.54, 1.807) is 4.31 Å². The van der Waals surface area contributed by atoms with E-state index in [0.717, 1.165) is 29.5 Å². The highest BCUT2D eigenvalue weighted by Gasteiger charge is 2.36. The fourth-order valence-corrected chi connectivity index (χ4v) is 6.62. The molecule has 3 rings (SSSR count). The van der Waals surface area contributed by atoms with Gasteiger partial charge in [0, 0.05) is 24.5 Å². The van der Waals surface area contributed by atoms with E-state index >= 15 is 0 Å². The first kappa shape index (κ1) is 20.3. The zero-order chi connectivity index (χ0) is 19.8. The first-order valence-electron chi connectivity index (χ1n) is 10.0. The molecule has 0 radical (unpaired) electrons. The molecule has 1 aliphatic carbocycles. The summed E-state index contributed by atoms with van der Waals surface area (Å²) in [7, 11) is -3.52. The number of amides is 1. The number of benzene rings is 1. The van der Waals surface area contributed by atoms with Crippen LogP contribution in [0.2, 0.25) is 0 Å². The molecule has 5 nitrogen and oxygen atoms in total. The molecule has 1 aromatic rings. The third kappa shape index (κ3) is 4.21. The standard InChI is InChI=1S/C21H32N2O3S/c1-15-13-16(2)19(17(3)14-15)27(25,26)23-11-7-18(8-12-23)20(24)22-21(4)9-5-6-10-21/h13-14,18H,5-12H2,1-4H3,(H,22,24). The summed E-state index contributed by atoms with van der Waals surface area (Å²) in [4.78, 5) is 13.1. The Labute approximate surface area is 163 Å². The Kier molecular flexibility index (Phi) is 5.69. The lowest BCUT2D eigenvalue weighted by atomic mass is 9.94. The van der Waals surface area contributed by atoms with Crippen molar-refractivity contribution >= 4 is 15.9 Å². The van der Waals surface area contributed by atoms with Crippen molar-refractivity contribution in [1.29, 1.82) is 0 Å². The minimum Gasteiger partial charge on any atom is -0.351 e. The predicted molar refractivity (Wildman–Crippen MR) is 107 cm³/mol. The maximum Gasteiger partial charge on any atom is 0.243 e. The molecule has 6 heteroatoms. The van der Waals surface area contributed by atoms with Gasteiger partial charge in [-0.2, -0.15) is 4.31 Å². The molecule has 1 heterocycles. The van der Waals surface area contributed by atoms with Gasteiger partial charge in [-0.15, -0.1) is 0 Å². The number of hydrogen-bond donors (Lipinski definition) is 1.